The minimum absolute atomic E-state index is 0.146. The van der Waals surface area contributed by atoms with Crippen LogP contribution in [-0.4, -0.2) is 51.8 Å². The molecule has 2 heterocycles. The van der Waals surface area contributed by atoms with E-state index in [4.69, 9.17) is 14.2 Å². The number of benzene rings is 1. The van der Waals surface area contributed by atoms with Crippen molar-refractivity contribution in [2.45, 2.75) is 6.04 Å². The topological polar surface area (TPSA) is 60.0 Å². The van der Waals surface area contributed by atoms with E-state index in [2.05, 4.69) is 16.3 Å². The number of thiophene rings is 1. The van der Waals surface area contributed by atoms with Crippen LogP contribution >= 0.6 is 11.3 Å². The molecule has 1 aliphatic heterocycles. The van der Waals surface area contributed by atoms with Crippen LogP contribution in [0.2, 0.25) is 0 Å². The number of carbonyl (C=O) groups excluding carboxylic acids is 1. The Morgan fingerprint density at radius 2 is 2.19 bits per heavy atom. The maximum atomic E-state index is 12.3. The zero-order chi connectivity index (χ0) is 19.2. The maximum absolute atomic E-state index is 12.3. The predicted octanol–water partition coefficient (Wildman–Crippen LogP) is 2.96. The summed E-state index contributed by atoms with van der Waals surface area (Å²) in [6.45, 7) is 1.54. The molecule has 1 unspecified atom stereocenters. The fourth-order valence-electron chi connectivity index (χ4n) is 2.84. The van der Waals surface area contributed by atoms with Crippen LogP contribution in [0.3, 0.4) is 0 Å². The van der Waals surface area contributed by atoms with Crippen molar-refractivity contribution in [2.75, 3.05) is 41.0 Å². The van der Waals surface area contributed by atoms with E-state index in [1.807, 2.05) is 37.7 Å². The number of nitrogens with zero attached hydrogens (tertiary/aromatic N) is 1. The van der Waals surface area contributed by atoms with Gasteiger partial charge in [0.2, 0.25) is 11.7 Å². The average molecular weight is 388 g/mol. The molecule has 1 amide bonds. The van der Waals surface area contributed by atoms with E-state index < -0.39 is 0 Å². The lowest BCUT2D eigenvalue weighted by molar-refractivity contribution is -0.116. The van der Waals surface area contributed by atoms with E-state index in [0.29, 0.717) is 37.0 Å². The summed E-state index contributed by atoms with van der Waals surface area (Å²) in [5.74, 6) is 1.69. The first kappa shape index (κ1) is 19.3. The predicted molar refractivity (Wildman–Crippen MR) is 107 cm³/mol. The first-order chi connectivity index (χ1) is 13.1. The molecule has 1 aromatic carbocycles. The van der Waals surface area contributed by atoms with Crippen molar-refractivity contribution in [2.24, 2.45) is 0 Å². The fourth-order valence-corrected chi connectivity index (χ4v) is 3.76. The number of hydrogen-bond acceptors (Lipinski definition) is 6. The van der Waals surface area contributed by atoms with Crippen LogP contribution in [0.1, 0.15) is 16.5 Å². The van der Waals surface area contributed by atoms with Crippen molar-refractivity contribution in [3.63, 3.8) is 0 Å². The third-order valence-corrected chi connectivity index (χ3v) is 5.22. The van der Waals surface area contributed by atoms with E-state index in [9.17, 15) is 4.79 Å². The fraction of sp³-hybridized carbons (Fsp3) is 0.350. The van der Waals surface area contributed by atoms with Gasteiger partial charge in [0, 0.05) is 17.5 Å². The van der Waals surface area contributed by atoms with Crippen molar-refractivity contribution >= 4 is 23.3 Å². The van der Waals surface area contributed by atoms with Crippen LogP contribution in [0, 0.1) is 0 Å². The molecule has 1 atom stereocenters. The summed E-state index contributed by atoms with van der Waals surface area (Å²) in [7, 11) is 5.60. The van der Waals surface area contributed by atoms with Gasteiger partial charge in [-0.3, -0.25) is 4.79 Å². The molecule has 0 fully saturated rings. The number of fused-ring (bicyclic) bond motifs is 1. The third kappa shape index (κ3) is 4.81. The summed E-state index contributed by atoms with van der Waals surface area (Å²) in [6.07, 6.45) is 3.26. The van der Waals surface area contributed by atoms with Gasteiger partial charge in [0.15, 0.2) is 11.5 Å². The zero-order valence-corrected chi connectivity index (χ0v) is 16.5. The molecule has 0 spiro atoms. The molecule has 1 aromatic heterocycles. The lowest BCUT2D eigenvalue weighted by Gasteiger charge is -2.23. The highest BCUT2D eigenvalue weighted by Gasteiger charge is 2.18. The normalized spacial score (nSPS) is 14.4. The number of nitrogens with one attached hydrogen (secondary N) is 1. The molecule has 144 valence electrons. The summed E-state index contributed by atoms with van der Waals surface area (Å²) in [4.78, 5) is 15.6. The molecule has 0 saturated carbocycles. The average Bonchev–Trinajstić information content (AvgIpc) is 3.20. The maximum Gasteiger partial charge on any atom is 0.244 e. The summed E-state index contributed by atoms with van der Waals surface area (Å²) in [5, 5.41) is 5.01. The van der Waals surface area contributed by atoms with Gasteiger partial charge < -0.3 is 24.4 Å². The lowest BCUT2D eigenvalue weighted by atomic mass is 10.1. The van der Waals surface area contributed by atoms with Crippen LogP contribution < -0.4 is 19.5 Å². The summed E-state index contributed by atoms with van der Waals surface area (Å²) >= 11 is 1.69. The van der Waals surface area contributed by atoms with Crippen molar-refractivity contribution in [3.8, 4) is 17.2 Å². The molecule has 2 aromatic rings. The van der Waals surface area contributed by atoms with E-state index in [1.165, 1.54) is 11.0 Å². The van der Waals surface area contributed by atoms with Crippen LogP contribution in [0.25, 0.3) is 6.08 Å². The summed E-state index contributed by atoms with van der Waals surface area (Å²) < 4.78 is 16.6. The molecule has 7 heteroatoms. The highest BCUT2D eigenvalue weighted by atomic mass is 32.1. The number of methoxy groups -OCH3 is 1. The Bertz CT molecular complexity index is 785. The van der Waals surface area contributed by atoms with E-state index >= 15 is 0 Å². The Balaban J connectivity index is 1.64. The Hall–Kier alpha value is -2.51. The number of amides is 1. The zero-order valence-electron chi connectivity index (χ0n) is 15.7. The molecule has 0 saturated heterocycles. The number of hydrogen-bond donors (Lipinski definition) is 1. The lowest BCUT2D eigenvalue weighted by Crippen LogP contribution is -2.33. The monoisotopic (exact) mass is 388 g/mol. The Morgan fingerprint density at radius 1 is 1.37 bits per heavy atom. The third-order valence-electron chi connectivity index (χ3n) is 4.24. The smallest absolute Gasteiger partial charge is 0.244 e. The Kier molecular flexibility index (Phi) is 6.36. The molecular weight excluding hydrogens is 364 g/mol. The number of rotatable bonds is 7. The van der Waals surface area contributed by atoms with Gasteiger partial charge in [0.05, 0.1) is 13.2 Å². The Morgan fingerprint density at radius 3 is 2.89 bits per heavy atom. The summed E-state index contributed by atoms with van der Waals surface area (Å²) in [5.41, 5.74) is 0.814. The van der Waals surface area contributed by atoms with Crippen molar-refractivity contribution in [1.82, 2.24) is 10.2 Å². The second-order valence-corrected chi connectivity index (χ2v) is 7.30. The van der Waals surface area contributed by atoms with Crippen molar-refractivity contribution in [1.29, 1.82) is 0 Å². The quantitative estimate of drug-likeness (QED) is 0.739. The molecule has 1 aliphatic rings. The number of likely N-dealkylation sites (N-methyl/N-ethyl adjacent to an activating group) is 1. The van der Waals surface area contributed by atoms with Crippen LogP contribution in [0.15, 0.2) is 35.7 Å². The van der Waals surface area contributed by atoms with Gasteiger partial charge in [0.1, 0.15) is 13.2 Å². The van der Waals surface area contributed by atoms with Crippen LogP contribution in [0.4, 0.5) is 0 Å². The van der Waals surface area contributed by atoms with Gasteiger partial charge in [-0.05, 0) is 49.3 Å². The van der Waals surface area contributed by atoms with Gasteiger partial charge in [-0.2, -0.15) is 0 Å². The van der Waals surface area contributed by atoms with Crippen molar-refractivity contribution < 1.29 is 19.0 Å². The van der Waals surface area contributed by atoms with Gasteiger partial charge in [0.25, 0.3) is 0 Å². The molecular formula is C20H24N2O4S. The van der Waals surface area contributed by atoms with Gasteiger partial charge in [-0.1, -0.05) is 6.07 Å². The van der Waals surface area contributed by atoms with E-state index in [0.717, 1.165) is 5.56 Å². The van der Waals surface area contributed by atoms with Crippen LogP contribution in [-0.2, 0) is 4.79 Å². The van der Waals surface area contributed by atoms with E-state index in [-0.39, 0.29) is 11.9 Å². The number of ether oxygens (including phenoxy) is 3. The largest absolute Gasteiger partial charge is 0.493 e. The van der Waals surface area contributed by atoms with Crippen molar-refractivity contribution in [3.05, 3.63) is 46.2 Å². The standard InChI is InChI=1S/C20H24N2O4S/c1-22(2)15(18-5-4-10-27-18)13-21-19(23)7-6-14-11-16(24-3)20-17(12-14)25-8-9-26-20/h4-7,10-12,15H,8-9,13H2,1-3H3,(H,21,23)/b7-6+. The second-order valence-electron chi connectivity index (χ2n) is 6.32. The molecule has 0 bridgehead atoms. The molecule has 0 radical (unpaired) electrons. The van der Waals surface area contributed by atoms with E-state index in [1.54, 1.807) is 24.5 Å². The second kappa shape index (κ2) is 8.92. The van der Waals surface area contributed by atoms with Gasteiger partial charge in [-0.15, -0.1) is 11.3 Å². The molecule has 3 rings (SSSR count). The number of carbonyl (C=O) groups is 1. The summed E-state index contributed by atoms with van der Waals surface area (Å²) in [6, 6.07) is 7.92. The highest BCUT2D eigenvalue weighted by molar-refractivity contribution is 7.10. The SMILES string of the molecule is COc1cc(/C=C/C(=O)NCC(c2cccs2)N(C)C)cc2c1OCCO2. The van der Waals surface area contributed by atoms with Gasteiger partial charge >= 0.3 is 0 Å². The highest BCUT2D eigenvalue weighted by Crippen LogP contribution is 2.40. The first-order valence-electron chi connectivity index (χ1n) is 8.72. The molecule has 0 aliphatic carbocycles. The Labute approximate surface area is 163 Å². The molecule has 1 N–H and O–H groups in total. The molecule has 27 heavy (non-hydrogen) atoms. The molecule has 6 nitrogen and oxygen atoms in total. The van der Waals surface area contributed by atoms with Gasteiger partial charge in [-0.25, -0.2) is 0 Å². The van der Waals surface area contributed by atoms with Crippen LogP contribution in [0.5, 0.6) is 17.2 Å². The first-order valence-corrected chi connectivity index (χ1v) is 9.60. The minimum Gasteiger partial charge on any atom is -0.493 e. The minimum atomic E-state index is -0.146.